The normalized spacial score (nSPS) is 10.5. The van der Waals surface area contributed by atoms with Crippen LogP contribution >= 0.6 is 22.9 Å². The van der Waals surface area contributed by atoms with Crippen molar-refractivity contribution in [2.45, 2.75) is 6.61 Å². The number of aromatic nitrogens is 1. The number of benzene rings is 2. The largest absolute Gasteiger partial charge is 0.496 e. The van der Waals surface area contributed by atoms with Gasteiger partial charge < -0.3 is 9.47 Å². The first-order valence-corrected chi connectivity index (χ1v) is 8.49. The van der Waals surface area contributed by atoms with Crippen LogP contribution in [0.5, 0.6) is 11.5 Å². The maximum atomic E-state index is 10.7. The minimum absolute atomic E-state index is 0.0792. The Morgan fingerprint density at radius 3 is 2.76 bits per heavy atom. The average Bonchev–Trinajstić information content (AvgIpc) is 3.09. The highest BCUT2D eigenvalue weighted by atomic mass is 35.5. The van der Waals surface area contributed by atoms with Crippen molar-refractivity contribution in [2.24, 2.45) is 0 Å². The first-order valence-electron chi connectivity index (χ1n) is 7.23. The van der Waals surface area contributed by atoms with Gasteiger partial charge in [-0.3, -0.25) is 10.1 Å². The molecule has 0 aliphatic rings. The highest BCUT2D eigenvalue weighted by Gasteiger charge is 2.12. The summed E-state index contributed by atoms with van der Waals surface area (Å²) in [6.45, 7) is 0.211. The van der Waals surface area contributed by atoms with Gasteiger partial charge in [-0.1, -0.05) is 23.7 Å². The van der Waals surface area contributed by atoms with Gasteiger partial charge in [0.15, 0.2) is 0 Å². The molecule has 1 aromatic heterocycles. The quantitative estimate of drug-likeness (QED) is 0.449. The van der Waals surface area contributed by atoms with Gasteiger partial charge in [-0.05, 0) is 18.2 Å². The molecule has 2 aromatic carbocycles. The number of halogens is 1. The summed E-state index contributed by atoms with van der Waals surface area (Å²) in [7, 11) is 1.62. The summed E-state index contributed by atoms with van der Waals surface area (Å²) in [5.74, 6) is 1.13. The maximum Gasteiger partial charge on any atom is 0.271 e. The number of methoxy groups -OCH3 is 1. The van der Waals surface area contributed by atoms with Crippen molar-refractivity contribution in [3.63, 3.8) is 0 Å². The van der Waals surface area contributed by atoms with Gasteiger partial charge in [-0.15, -0.1) is 11.3 Å². The van der Waals surface area contributed by atoms with Gasteiger partial charge in [0.05, 0.1) is 28.3 Å². The topological polar surface area (TPSA) is 74.5 Å². The van der Waals surface area contributed by atoms with Gasteiger partial charge >= 0.3 is 0 Å². The van der Waals surface area contributed by atoms with E-state index in [1.54, 1.807) is 7.11 Å². The van der Waals surface area contributed by atoms with Crippen LogP contribution in [-0.2, 0) is 6.61 Å². The van der Waals surface area contributed by atoms with E-state index >= 15 is 0 Å². The summed E-state index contributed by atoms with van der Waals surface area (Å²) in [6.07, 6.45) is 0. The van der Waals surface area contributed by atoms with Crippen LogP contribution in [0.15, 0.2) is 47.8 Å². The van der Waals surface area contributed by atoms with Gasteiger partial charge in [0.1, 0.15) is 23.1 Å². The number of hydrogen-bond donors (Lipinski definition) is 0. The van der Waals surface area contributed by atoms with Gasteiger partial charge in [0.2, 0.25) is 0 Å². The molecule has 0 N–H and O–H groups in total. The first-order chi connectivity index (χ1) is 12.1. The Labute approximate surface area is 152 Å². The molecule has 0 saturated carbocycles. The maximum absolute atomic E-state index is 10.7. The molecule has 0 unspecified atom stereocenters. The SMILES string of the molecule is COc1ccccc1-c1nc(COc2ccc([N+](=O)[O-])cc2Cl)cs1. The van der Waals surface area contributed by atoms with Crippen molar-refractivity contribution in [1.29, 1.82) is 0 Å². The Morgan fingerprint density at radius 2 is 2.04 bits per heavy atom. The van der Waals surface area contributed by atoms with E-state index in [2.05, 4.69) is 4.98 Å². The number of nitro benzene ring substituents is 1. The summed E-state index contributed by atoms with van der Waals surface area (Å²) in [4.78, 5) is 14.8. The van der Waals surface area contributed by atoms with E-state index in [-0.39, 0.29) is 17.3 Å². The van der Waals surface area contributed by atoms with E-state index in [4.69, 9.17) is 21.1 Å². The molecule has 0 atom stereocenters. The molecule has 0 aliphatic heterocycles. The standard InChI is InChI=1S/C17H13ClN2O4S/c1-23-15-5-3-2-4-13(15)17-19-11(10-25-17)9-24-16-7-6-12(20(21)22)8-14(16)18/h2-8,10H,9H2,1H3. The third kappa shape index (κ3) is 3.89. The second-order valence-corrected chi connectivity index (χ2v) is 6.27. The van der Waals surface area contributed by atoms with Gasteiger partial charge in [-0.25, -0.2) is 4.98 Å². The molecule has 0 amide bonds. The highest BCUT2D eigenvalue weighted by Crippen LogP contribution is 2.33. The van der Waals surface area contributed by atoms with Crippen molar-refractivity contribution in [2.75, 3.05) is 7.11 Å². The molecular weight excluding hydrogens is 364 g/mol. The third-order valence-corrected chi connectivity index (χ3v) is 4.61. The lowest BCUT2D eigenvalue weighted by atomic mass is 10.2. The van der Waals surface area contributed by atoms with E-state index in [1.165, 1.54) is 29.5 Å². The smallest absolute Gasteiger partial charge is 0.271 e. The molecule has 3 aromatic rings. The number of non-ortho nitro benzene ring substituents is 1. The van der Waals surface area contributed by atoms with Crippen LogP contribution in [0.4, 0.5) is 5.69 Å². The molecule has 0 spiro atoms. The van der Waals surface area contributed by atoms with Crippen LogP contribution < -0.4 is 9.47 Å². The van der Waals surface area contributed by atoms with Crippen LogP contribution in [0.3, 0.4) is 0 Å². The van der Waals surface area contributed by atoms with Gasteiger partial charge in [0, 0.05) is 17.5 Å². The Hall–Kier alpha value is -2.64. The van der Waals surface area contributed by atoms with Crippen molar-refractivity contribution in [3.8, 4) is 22.1 Å². The fraction of sp³-hybridized carbons (Fsp3) is 0.118. The molecule has 25 heavy (non-hydrogen) atoms. The predicted octanol–water partition coefficient (Wildman–Crippen LogP) is 4.96. The lowest BCUT2D eigenvalue weighted by Gasteiger charge is -2.06. The number of nitro groups is 1. The lowest BCUT2D eigenvalue weighted by molar-refractivity contribution is -0.384. The second kappa shape index (κ2) is 7.50. The minimum atomic E-state index is -0.504. The number of hydrogen-bond acceptors (Lipinski definition) is 6. The molecule has 1 heterocycles. The van der Waals surface area contributed by atoms with Crippen LogP contribution in [-0.4, -0.2) is 17.0 Å². The molecule has 3 rings (SSSR count). The van der Waals surface area contributed by atoms with Crippen molar-refractivity contribution in [1.82, 2.24) is 4.98 Å². The number of para-hydroxylation sites is 1. The zero-order valence-corrected chi connectivity index (χ0v) is 14.7. The van der Waals surface area contributed by atoms with Gasteiger partial charge in [-0.2, -0.15) is 0 Å². The third-order valence-electron chi connectivity index (χ3n) is 3.39. The van der Waals surface area contributed by atoms with E-state index < -0.39 is 4.92 Å². The molecular formula is C17H13ClN2O4S. The zero-order chi connectivity index (χ0) is 17.8. The molecule has 0 saturated heterocycles. The monoisotopic (exact) mass is 376 g/mol. The Balaban J connectivity index is 1.73. The number of rotatable bonds is 6. The van der Waals surface area contributed by atoms with Crippen molar-refractivity contribution < 1.29 is 14.4 Å². The number of ether oxygens (including phenoxy) is 2. The minimum Gasteiger partial charge on any atom is -0.496 e. The van der Waals surface area contributed by atoms with Crippen LogP contribution in [0.1, 0.15) is 5.69 Å². The van der Waals surface area contributed by atoms with E-state index in [1.807, 2.05) is 29.6 Å². The molecule has 0 bridgehead atoms. The van der Waals surface area contributed by atoms with Gasteiger partial charge in [0.25, 0.3) is 5.69 Å². The van der Waals surface area contributed by atoms with Crippen LogP contribution in [0.25, 0.3) is 10.6 Å². The second-order valence-electron chi connectivity index (χ2n) is 5.00. The summed E-state index contributed by atoms with van der Waals surface area (Å²) in [5, 5.41) is 13.6. The highest BCUT2D eigenvalue weighted by molar-refractivity contribution is 7.13. The summed E-state index contributed by atoms with van der Waals surface area (Å²) < 4.78 is 11.0. The van der Waals surface area contributed by atoms with Crippen molar-refractivity contribution in [3.05, 3.63) is 68.7 Å². The Bertz CT molecular complexity index is 913. The molecule has 8 heteroatoms. The fourth-order valence-electron chi connectivity index (χ4n) is 2.19. The number of thiazole rings is 1. The zero-order valence-electron chi connectivity index (χ0n) is 13.1. The summed E-state index contributed by atoms with van der Waals surface area (Å²) >= 11 is 7.50. The molecule has 0 aliphatic carbocycles. The Kier molecular flexibility index (Phi) is 5.16. The molecule has 6 nitrogen and oxygen atoms in total. The molecule has 0 radical (unpaired) electrons. The summed E-state index contributed by atoms with van der Waals surface area (Å²) in [5.41, 5.74) is 1.57. The number of nitrogens with zero attached hydrogens (tertiary/aromatic N) is 2. The van der Waals surface area contributed by atoms with Crippen molar-refractivity contribution >= 4 is 28.6 Å². The van der Waals surface area contributed by atoms with Crippen LogP contribution in [0, 0.1) is 10.1 Å². The van der Waals surface area contributed by atoms with Crippen LogP contribution in [0.2, 0.25) is 5.02 Å². The van der Waals surface area contributed by atoms with E-state index in [9.17, 15) is 10.1 Å². The van der Waals surface area contributed by atoms with E-state index in [0.717, 1.165) is 22.0 Å². The lowest BCUT2D eigenvalue weighted by Crippen LogP contribution is -1.97. The first kappa shape index (κ1) is 17.2. The Morgan fingerprint density at radius 1 is 1.24 bits per heavy atom. The summed E-state index contributed by atoms with van der Waals surface area (Å²) in [6, 6.07) is 11.7. The van der Waals surface area contributed by atoms with E-state index in [0.29, 0.717) is 5.75 Å². The average molecular weight is 377 g/mol. The fourth-order valence-corrected chi connectivity index (χ4v) is 3.25. The predicted molar refractivity (Wildman–Crippen MR) is 96.5 cm³/mol. The molecule has 0 fully saturated rings. The molecule has 128 valence electrons.